The summed E-state index contributed by atoms with van der Waals surface area (Å²) < 4.78 is 40.2. The average Bonchev–Trinajstić information content (AvgIpc) is 2.44. The topological polar surface area (TPSA) is 20.2 Å². The van der Waals surface area contributed by atoms with Gasteiger partial charge in [-0.1, -0.05) is 37.6 Å². The third-order valence-electron chi connectivity index (χ3n) is 3.43. The van der Waals surface area contributed by atoms with E-state index in [0.717, 1.165) is 24.8 Å². The lowest BCUT2D eigenvalue weighted by Gasteiger charge is -2.14. The summed E-state index contributed by atoms with van der Waals surface area (Å²) in [5.74, 6) is -3.18. The monoisotopic (exact) mass is 294 g/mol. The summed E-state index contributed by atoms with van der Waals surface area (Å²) in [7, 11) is 0. The van der Waals surface area contributed by atoms with Crippen molar-refractivity contribution in [3.8, 4) is 0 Å². The zero-order valence-corrected chi connectivity index (χ0v) is 11.7. The summed E-state index contributed by atoms with van der Waals surface area (Å²) in [6, 6.07) is 8.06. The van der Waals surface area contributed by atoms with Crippen molar-refractivity contribution in [1.82, 2.24) is 0 Å². The molecule has 2 aromatic rings. The second kappa shape index (κ2) is 6.76. The molecule has 1 nitrogen and oxygen atoms in total. The van der Waals surface area contributed by atoms with Gasteiger partial charge in [0.25, 0.3) is 0 Å². The summed E-state index contributed by atoms with van der Waals surface area (Å²) in [5, 5.41) is 10.1. The Hall–Kier alpha value is -1.81. The molecule has 1 atom stereocenters. The minimum atomic E-state index is -1.45. The summed E-state index contributed by atoms with van der Waals surface area (Å²) in [4.78, 5) is 0. The van der Waals surface area contributed by atoms with Crippen LogP contribution in [0.1, 0.15) is 42.6 Å². The maximum Gasteiger partial charge on any atom is 0.135 e. The standard InChI is InChI=1S/C17H17F3O/c1-2-3-4-11-5-7-12(8-6-11)17(21)16-14(19)9-13(18)10-15(16)20/h5-10,17,21H,2-4H2,1H3. The van der Waals surface area contributed by atoms with E-state index in [-0.39, 0.29) is 0 Å². The van der Waals surface area contributed by atoms with Gasteiger partial charge in [0.15, 0.2) is 0 Å². The molecular formula is C17H17F3O. The van der Waals surface area contributed by atoms with Crippen LogP contribution >= 0.6 is 0 Å². The second-order valence-electron chi connectivity index (χ2n) is 5.03. The minimum Gasteiger partial charge on any atom is -0.383 e. The molecule has 0 aliphatic rings. The van der Waals surface area contributed by atoms with Gasteiger partial charge in [0.1, 0.15) is 23.6 Å². The Morgan fingerprint density at radius 1 is 1.00 bits per heavy atom. The number of aryl methyl sites for hydroxylation is 1. The molecule has 0 saturated heterocycles. The van der Waals surface area contributed by atoms with Crippen molar-refractivity contribution in [2.45, 2.75) is 32.3 Å². The lowest BCUT2D eigenvalue weighted by Crippen LogP contribution is -2.06. The molecule has 0 bridgehead atoms. The number of aliphatic hydroxyl groups is 1. The van der Waals surface area contributed by atoms with Gasteiger partial charge in [0, 0.05) is 12.1 Å². The molecule has 0 aromatic heterocycles. The molecule has 0 saturated carbocycles. The molecule has 112 valence electrons. The van der Waals surface area contributed by atoms with Crippen molar-refractivity contribution >= 4 is 0 Å². The zero-order chi connectivity index (χ0) is 15.4. The Morgan fingerprint density at radius 3 is 2.10 bits per heavy atom. The van der Waals surface area contributed by atoms with Crippen LogP contribution in [0.2, 0.25) is 0 Å². The molecular weight excluding hydrogens is 277 g/mol. The van der Waals surface area contributed by atoms with Gasteiger partial charge in [-0.15, -0.1) is 0 Å². The van der Waals surface area contributed by atoms with Crippen molar-refractivity contribution in [2.24, 2.45) is 0 Å². The Kier molecular flexibility index (Phi) is 5.02. The third kappa shape index (κ3) is 3.64. The van der Waals surface area contributed by atoms with Gasteiger partial charge in [-0.2, -0.15) is 0 Å². The van der Waals surface area contributed by atoms with Gasteiger partial charge in [0.2, 0.25) is 0 Å². The van der Waals surface area contributed by atoms with Crippen LogP contribution in [0.15, 0.2) is 36.4 Å². The number of unbranched alkanes of at least 4 members (excludes halogenated alkanes) is 1. The van der Waals surface area contributed by atoms with E-state index >= 15 is 0 Å². The van der Waals surface area contributed by atoms with Gasteiger partial charge < -0.3 is 5.11 Å². The first-order valence-corrected chi connectivity index (χ1v) is 6.94. The molecule has 0 spiro atoms. The molecule has 2 aromatic carbocycles. The van der Waals surface area contributed by atoms with E-state index in [1.54, 1.807) is 12.1 Å². The highest BCUT2D eigenvalue weighted by molar-refractivity contribution is 5.33. The highest BCUT2D eigenvalue weighted by Gasteiger charge is 2.20. The second-order valence-corrected chi connectivity index (χ2v) is 5.03. The van der Waals surface area contributed by atoms with E-state index in [0.29, 0.717) is 17.7 Å². The van der Waals surface area contributed by atoms with Crippen molar-refractivity contribution in [2.75, 3.05) is 0 Å². The molecule has 0 fully saturated rings. The average molecular weight is 294 g/mol. The molecule has 1 unspecified atom stereocenters. The Bertz CT molecular complexity index is 585. The first-order chi connectivity index (χ1) is 10.0. The van der Waals surface area contributed by atoms with Gasteiger partial charge in [-0.05, 0) is 24.0 Å². The predicted octanol–water partition coefficient (Wildman–Crippen LogP) is 4.53. The highest BCUT2D eigenvalue weighted by Crippen LogP contribution is 2.28. The van der Waals surface area contributed by atoms with Crippen LogP contribution in [0.25, 0.3) is 0 Å². The number of halogens is 3. The minimum absolute atomic E-state index is 0.375. The van der Waals surface area contributed by atoms with Crippen LogP contribution in [0, 0.1) is 17.5 Å². The highest BCUT2D eigenvalue weighted by atomic mass is 19.1. The fraction of sp³-hybridized carbons (Fsp3) is 0.294. The number of aliphatic hydroxyl groups excluding tert-OH is 1. The Morgan fingerprint density at radius 2 is 1.57 bits per heavy atom. The molecule has 0 heterocycles. The van der Waals surface area contributed by atoms with Crippen LogP contribution < -0.4 is 0 Å². The maximum absolute atomic E-state index is 13.7. The molecule has 0 amide bonds. The van der Waals surface area contributed by atoms with E-state index in [1.165, 1.54) is 0 Å². The fourth-order valence-corrected chi connectivity index (χ4v) is 2.23. The van der Waals surface area contributed by atoms with E-state index in [4.69, 9.17) is 0 Å². The van der Waals surface area contributed by atoms with Crippen molar-refractivity contribution in [3.05, 3.63) is 70.5 Å². The number of hydrogen-bond acceptors (Lipinski definition) is 1. The number of rotatable bonds is 5. The largest absolute Gasteiger partial charge is 0.383 e. The Labute approximate surface area is 122 Å². The van der Waals surface area contributed by atoms with Gasteiger partial charge in [0.05, 0.1) is 5.56 Å². The SMILES string of the molecule is CCCCc1ccc(C(O)c2c(F)cc(F)cc2F)cc1. The summed E-state index contributed by atoms with van der Waals surface area (Å²) in [6.45, 7) is 2.10. The van der Waals surface area contributed by atoms with Crippen molar-refractivity contribution in [1.29, 1.82) is 0 Å². The summed E-state index contributed by atoms with van der Waals surface area (Å²) in [6.07, 6.45) is 1.61. The van der Waals surface area contributed by atoms with Crippen molar-refractivity contribution < 1.29 is 18.3 Å². The van der Waals surface area contributed by atoms with Gasteiger partial charge in [-0.25, -0.2) is 13.2 Å². The molecule has 21 heavy (non-hydrogen) atoms. The van der Waals surface area contributed by atoms with E-state index in [9.17, 15) is 18.3 Å². The number of hydrogen-bond donors (Lipinski definition) is 1. The quantitative estimate of drug-likeness (QED) is 0.859. The normalized spacial score (nSPS) is 12.4. The van der Waals surface area contributed by atoms with Crippen LogP contribution in [0.4, 0.5) is 13.2 Å². The van der Waals surface area contributed by atoms with Crippen LogP contribution in [-0.2, 0) is 6.42 Å². The lowest BCUT2D eigenvalue weighted by atomic mass is 9.98. The fourth-order valence-electron chi connectivity index (χ4n) is 2.23. The summed E-state index contributed by atoms with van der Waals surface area (Å²) >= 11 is 0. The molecule has 0 aliphatic carbocycles. The van der Waals surface area contributed by atoms with Crippen molar-refractivity contribution in [3.63, 3.8) is 0 Å². The molecule has 0 aliphatic heterocycles. The maximum atomic E-state index is 13.7. The lowest BCUT2D eigenvalue weighted by molar-refractivity contribution is 0.208. The van der Waals surface area contributed by atoms with Crippen LogP contribution in [0.5, 0.6) is 0 Å². The van der Waals surface area contributed by atoms with E-state index in [1.807, 2.05) is 12.1 Å². The zero-order valence-electron chi connectivity index (χ0n) is 11.7. The van der Waals surface area contributed by atoms with Gasteiger partial charge in [-0.3, -0.25) is 0 Å². The third-order valence-corrected chi connectivity index (χ3v) is 3.43. The number of benzene rings is 2. The molecule has 0 radical (unpaired) electrons. The van der Waals surface area contributed by atoms with Crippen LogP contribution in [0.3, 0.4) is 0 Å². The molecule has 4 heteroatoms. The smallest absolute Gasteiger partial charge is 0.135 e. The van der Waals surface area contributed by atoms with E-state index in [2.05, 4.69) is 6.92 Å². The van der Waals surface area contributed by atoms with Gasteiger partial charge >= 0.3 is 0 Å². The molecule has 2 rings (SSSR count). The first-order valence-electron chi connectivity index (χ1n) is 6.94. The van der Waals surface area contributed by atoms with Crippen LogP contribution in [-0.4, -0.2) is 5.11 Å². The predicted molar refractivity (Wildman–Crippen MR) is 75.4 cm³/mol. The Balaban J connectivity index is 2.26. The summed E-state index contributed by atoms with van der Waals surface area (Å²) in [5.41, 5.74) is 0.949. The van der Waals surface area contributed by atoms with E-state index < -0.39 is 29.1 Å². The molecule has 1 N–H and O–H groups in total. The first kappa shape index (κ1) is 15.6.